The highest BCUT2D eigenvalue weighted by atomic mass is 19.1. The number of para-hydroxylation sites is 1. The molecule has 2 aromatic carbocycles. The molecule has 1 atom stereocenters. The normalized spacial score (nSPS) is 14.8. The first kappa shape index (κ1) is 22.8. The van der Waals surface area contributed by atoms with Gasteiger partial charge in [-0.15, -0.1) is 5.10 Å². The standard InChI is InChI=1S/C26H26FN5O3/c1-17-13-14-23(35-17)25(26(34)28-19-8-2-3-9-19)32(20-10-6-7-18(27)15-20)24(33)16-31-22-12-5-4-11-21(22)29-30-31/h4-7,10-15,19,25H,2-3,8-9,16H2,1H3,(H,28,34). The van der Waals surface area contributed by atoms with Crippen molar-refractivity contribution in [2.45, 2.75) is 51.2 Å². The molecule has 0 spiro atoms. The number of benzene rings is 2. The summed E-state index contributed by atoms with van der Waals surface area (Å²) in [5.41, 5.74) is 1.58. The summed E-state index contributed by atoms with van der Waals surface area (Å²) in [4.78, 5) is 28.8. The van der Waals surface area contributed by atoms with Crippen LogP contribution in [0, 0.1) is 12.7 Å². The Labute approximate surface area is 201 Å². The van der Waals surface area contributed by atoms with E-state index in [4.69, 9.17) is 4.42 Å². The maximum absolute atomic E-state index is 14.3. The number of carbonyl (C=O) groups is 2. The fraction of sp³-hybridized carbons (Fsp3) is 0.308. The van der Waals surface area contributed by atoms with Gasteiger partial charge in [0.25, 0.3) is 5.91 Å². The van der Waals surface area contributed by atoms with Crippen LogP contribution in [0.2, 0.25) is 0 Å². The van der Waals surface area contributed by atoms with E-state index in [0.717, 1.165) is 25.7 Å². The van der Waals surface area contributed by atoms with Gasteiger partial charge in [0.2, 0.25) is 5.91 Å². The molecule has 9 heteroatoms. The number of furan rings is 1. The summed E-state index contributed by atoms with van der Waals surface area (Å²) < 4.78 is 21.6. The van der Waals surface area contributed by atoms with Gasteiger partial charge in [0.15, 0.2) is 6.04 Å². The van der Waals surface area contributed by atoms with Crippen molar-refractivity contribution in [3.05, 3.63) is 78.0 Å². The van der Waals surface area contributed by atoms with E-state index in [1.54, 1.807) is 31.2 Å². The van der Waals surface area contributed by atoms with Crippen molar-refractivity contribution in [2.75, 3.05) is 4.90 Å². The topological polar surface area (TPSA) is 93.3 Å². The van der Waals surface area contributed by atoms with E-state index in [0.29, 0.717) is 22.6 Å². The number of nitrogens with zero attached hydrogens (tertiary/aromatic N) is 4. The number of fused-ring (bicyclic) bond motifs is 1. The Morgan fingerprint density at radius 3 is 2.69 bits per heavy atom. The molecule has 180 valence electrons. The Hall–Kier alpha value is -4.01. The molecule has 2 amide bonds. The van der Waals surface area contributed by atoms with Crippen LogP contribution in [0.25, 0.3) is 11.0 Å². The second-order valence-corrected chi connectivity index (χ2v) is 8.82. The number of carbonyl (C=O) groups excluding carboxylic acids is 2. The third kappa shape index (κ3) is 4.80. The molecule has 2 heterocycles. The lowest BCUT2D eigenvalue weighted by atomic mass is 10.1. The number of nitrogens with one attached hydrogen (secondary N) is 1. The zero-order valence-corrected chi connectivity index (χ0v) is 19.4. The van der Waals surface area contributed by atoms with Crippen LogP contribution in [-0.2, 0) is 16.1 Å². The van der Waals surface area contributed by atoms with E-state index < -0.39 is 17.8 Å². The van der Waals surface area contributed by atoms with E-state index in [1.807, 2.05) is 18.2 Å². The van der Waals surface area contributed by atoms with Gasteiger partial charge in [-0.25, -0.2) is 9.07 Å². The molecule has 1 aliphatic rings. The fourth-order valence-corrected chi connectivity index (χ4v) is 4.63. The van der Waals surface area contributed by atoms with Crippen LogP contribution in [0.1, 0.15) is 43.2 Å². The molecule has 0 bridgehead atoms. The van der Waals surface area contributed by atoms with Gasteiger partial charge in [0.05, 0.1) is 5.52 Å². The smallest absolute Gasteiger partial charge is 0.251 e. The molecule has 1 N–H and O–H groups in total. The Balaban J connectivity index is 1.56. The fourth-order valence-electron chi connectivity index (χ4n) is 4.63. The number of aryl methyl sites for hydroxylation is 1. The molecule has 35 heavy (non-hydrogen) atoms. The molecule has 4 aromatic rings. The molecule has 8 nitrogen and oxygen atoms in total. The lowest BCUT2D eigenvalue weighted by Gasteiger charge is -2.31. The van der Waals surface area contributed by atoms with Crippen molar-refractivity contribution >= 4 is 28.5 Å². The zero-order chi connectivity index (χ0) is 24.4. The maximum atomic E-state index is 14.3. The van der Waals surface area contributed by atoms with Crippen LogP contribution >= 0.6 is 0 Å². The quantitative estimate of drug-likeness (QED) is 0.430. The van der Waals surface area contributed by atoms with Gasteiger partial charge in [0, 0.05) is 11.7 Å². The molecular weight excluding hydrogens is 449 g/mol. The van der Waals surface area contributed by atoms with E-state index in [2.05, 4.69) is 15.6 Å². The zero-order valence-electron chi connectivity index (χ0n) is 19.4. The highest BCUT2D eigenvalue weighted by Crippen LogP contribution is 2.31. The Morgan fingerprint density at radius 1 is 1.14 bits per heavy atom. The molecule has 1 saturated carbocycles. The first-order valence-corrected chi connectivity index (χ1v) is 11.7. The van der Waals surface area contributed by atoms with Crippen molar-refractivity contribution in [3.63, 3.8) is 0 Å². The number of amides is 2. The molecule has 1 fully saturated rings. The van der Waals surface area contributed by atoms with Crippen LogP contribution in [0.15, 0.2) is 65.1 Å². The average Bonchev–Trinajstić information content (AvgIpc) is 3.59. The number of halogens is 1. The molecule has 0 radical (unpaired) electrons. The summed E-state index contributed by atoms with van der Waals surface area (Å²) in [6.07, 6.45) is 3.85. The Bertz CT molecular complexity index is 1360. The van der Waals surface area contributed by atoms with Crippen LogP contribution in [0.5, 0.6) is 0 Å². The van der Waals surface area contributed by atoms with Crippen molar-refractivity contribution in [2.24, 2.45) is 0 Å². The number of hydrogen-bond donors (Lipinski definition) is 1. The summed E-state index contributed by atoms with van der Waals surface area (Å²) in [6, 6.07) is 15.3. The van der Waals surface area contributed by atoms with Gasteiger partial charge >= 0.3 is 0 Å². The Morgan fingerprint density at radius 2 is 1.94 bits per heavy atom. The second-order valence-electron chi connectivity index (χ2n) is 8.82. The Kier molecular flexibility index (Phi) is 6.31. The van der Waals surface area contributed by atoms with Crippen molar-refractivity contribution in [3.8, 4) is 0 Å². The highest BCUT2D eigenvalue weighted by molar-refractivity contribution is 6.01. The number of hydrogen-bond acceptors (Lipinski definition) is 5. The lowest BCUT2D eigenvalue weighted by Crippen LogP contribution is -2.47. The van der Waals surface area contributed by atoms with Gasteiger partial charge in [0.1, 0.15) is 29.4 Å². The first-order chi connectivity index (χ1) is 17.0. The summed E-state index contributed by atoms with van der Waals surface area (Å²) in [7, 11) is 0. The van der Waals surface area contributed by atoms with Crippen molar-refractivity contribution in [1.29, 1.82) is 0 Å². The van der Waals surface area contributed by atoms with Gasteiger partial charge in [-0.3, -0.25) is 14.5 Å². The number of aromatic nitrogens is 3. The minimum Gasteiger partial charge on any atom is -0.464 e. The highest BCUT2D eigenvalue weighted by Gasteiger charge is 2.37. The van der Waals surface area contributed by atoms with Gasteiger partial charge in [-0.2, -0.15) is 0 Å². The molecule has 1 aliphatic carbocycles. The van der Waals surface area contributed by atoms with Gasteiger partial charge in [-0.05, 0) is 62.2 Å². The van der Waals surface area contributed by atoms with E-state index in [1.165, 1.54) is 27.8 Å². The third-order valence-electron chi connectivity index (χ3n) is 6.30. The summed E-state index contributed by atoms with van der Waals surface area (Å²) >= 11 is 0. The predicted octanol–water partition coefficient (Wildman–Crippen LogP) is 4.31. The number of rotatable bonds is 7. The van der Waals surface area contributed by atoms with Crippen LogP contribution in [-0.4, -0.2) is 32.9 Å². The molecule has 1 unspecified atom stereocenters. The third-order valence-corrected chi connectivity index (χ3v) is 6.30. The average molecular weight is 476 g/mol. The minimum atomic E-state index is -1.12. The maximum Gasteiger partial charge on any atom is 0.251 e. The summed E-state index contributed by atoms with van der Waals surface area (Å²) in [5, 5.41) is 11.3. The monoisotopic (exact) mass is 475 g/mol. The van der Waals surface area contributed by atoms with E-state index in [-0.39, 0.29) is 24.2 Å². The predicted molar refractivity (Wildman–Crippen MR) is 128 cm³/mol. The van der Waals surface area contributed by atoms with E-state index >= 15 is 0 Å². The lowest BCUT2D eigenvalue weighted by molar-refractivity contribution is -0.127. The van der Waals surface area contributed by atoms with Gasteiger partial charge in [-0.1, -0.05) is 36.3 Å². The largest absolute Gasteiger partial charge is 0.464 e. The molecule has 0 saturated heterocycles. The summed E-state index contributed by atoms with van der Waals surface area (Å²) in [6.45, 7) is 1.58. The molecule has 2 aromatic heterocycles. The van der Waals surface area contributed by atoms with Crippen LogP contribution in [0.3, 0.4) is 0 Å². The second kappa shape index (κ2) is 9.69. The van der Waals surface area contributed by atoms with Gasteiger partial charge < -0.3 is 9.73 Å². The first-order valence-electron chi connectivity index (χ1n) is 11.7. The minimum absolute atomic E-state index is 0.0322. The molecule has 0 aliphatic heterocycles. The van der Waals surface area contributed by atoms with Crippen LogP contribution < -0.4 is 10.2 Å². The van der Waals surface area contributed by atoms with Crippen LogP contribution in [0.4, 0.5) is 10.1 Å². The van der Waals surface area contributed by atoms with Crippen molar-refractivity contribution in [1.82, 2.24) is 20.3 Å². The molecule has 5 rings (SSSR count). The van der Waals surface area contributed by atoms with E-state index in [9.17, 15) is 14.0 Å². The SMILES string of the molecule is Cc1ccc(C(C(=O)NC2CCCC2)N(C(=O)Cn2nnc3ccccc32)c2cccc(F)c2)o1. The van der Waals surface area contributed by atoms with Crippen molar-refractivity contribution < 1.29 is 18.4 Å². The number of anilines is 1. The summed E-state index contributed by atoms with van der Waals surface area (Å²) in [5.74, 6) is -0.428. The molecular formula is C26H26FN5O3.